The summed E-state index contributed by atoms with van der Waals surface area (Å²) in [6.45, 7) is 7.91. The molecule has 6 heteroatoms. The van der Waals surface area contributed by atoms with Gasteiger partial charge in [-0.3, -0.25) is 9.69 Å². The zero-order chi connectivity index (χ0) is 13.0. The van der Waals surface area contributed by atoms with Crippen LogP contribution in [0.5, 0.6) is 0 Å². The number of thiazole rings is 1. The molecule has 1 fully saturated rings. The highest BCUT2D eigenvalue weighted by molar-refractivity contribution is 7.11. The molecule has 100 valence electrons. The topological polar surface area (TPSA) is 48.5 Å². The van der Waals surface area contributed by atoms with E-state index in [1.54, 1.807) is 5.51 Å². The first-order valence-corrected chi connectivity index (χ1v) is 7.14. The van der Waals surface area contributed by atoms with E-state index in [1.807, 2.05) is 6.92 Å². The average molecular weight is 268 g/mol. The quantitative estimate of drug-likeness (QED) is 0.860. The number of piperazine rings is 1. The van der Waals surface area contributed by atoms with Crippen LogP contribution in [0.25, 0.3) is 0 Å². The number of nitrogens with one attached hydrogen (secondary N) is 1. The molecule has 0 unspecified atom stereocenters. The van der Waals surface area contributed by atoms with E-state index in [2.05, 4.69) is 27.1 Å². The van der Waals surface area contributed by atoms with Gasteiger partial charge in [-0.25, -0.2) is 4.98 Å². The number of aryl methyl sites for hydroxylation is 1. The fraction of sp³-hybridized carbons (Fsp3) is 0.667. The van der Waals surface area contributed by atoms with Gasteiger partial charge in [-0.1, -0.05) is 0 Å². The summed E-state index contributed by atoms with van der Waals surface area (Å²) in [4.78, 5) is 21.4. The molecule has 1 aromatic rings. The monoisotopic (exact) mass is 268 g/mol. The second-order valence-electron chi connectivity index (χ2n) is 4.67. The van der Waals surface area contributed by atoms with Crippen LogP contribution in [0.3, 0.4) is 0 Å². The molecule has 2 rings (SSSR count). The predicted octanol–water partition coefficient (Wildman–Crippen LogP) is 0.429. The fourth-order valence-corrected chi connectivity index (χ4v) is 2.72. The highest BCUT2D eigenvalue weighted by atomic mass is 32.1. The number of carbonyl (C=O) groups is 1. The first kappa shape index (κ1) is 13.5. The summed E-state index contributed by atoms with van der Waals surface area (Å²) in [5.41, 5.74) is 2.53. The standard InChI is InChI=1S/C12H20N4OS/c1-10-11(18-9-14-10)12(17)13-3-4-16-7-5-15(2)6-8-16/h9H,3-8H2,1-2H3,(H,13,17). The number of carbonyl (C=O) groups excluding carboxylic acids is 1. The van der Waals surface area contributed by atoms with Gasteiger partial charge in [0.05, 0.1) is 11.2 Å². The van der Waals surface area contributed by atoms with E-state index in [9.17, 15) is 4.79 Å². The molecule has 2 heterocycles. The summed E-state index contributed by atoms with van der Waals surface area (Å²) < 4.78 is 0. The molecule has 0 atom stereocenters. The minimum Gasteiger partial charge on any atom is -0.350 e. The largest absolute Gasteiger partial charge is 0.350 e. The van der Waals surface area contributed by atoms with Crippen molar-refractivity contribution < 1.29 is 4.79 Å². The summed E-state index contributed by atoms with van der Waals surface area (Å²) in [5.74, 6) is 0.00382. The van der Waals surface area contributed by atoms with Gasteiger partial charge < -0.3 is 10.2 Å². The van der Waals surface area contributed by atoms with Crippen molar-refractivity contribution in [3.63, 3.8) is 0 Å². The number of hydrogen-bond donors (Lipinski definition) is 1. The van der Waals surface area contributed by atoms with Gasteiger partial charge in [0.2, 0.25) is 0 Å². The fourth-order valence-electron chi connectivity index (χ4n) is 2.00. The minimum atomic E-state index is 0.00382. The van der Waals surface area contributed by atoms with Crippen LogP contribution >= 0.6 is 11.3 Å². The molecule has 1 N–H and O–H groups in total. The summed E-state index contributed by atoms with van der Waals surface area (Å²) in [5, 5.41) is 2.96. The van der Waals surface area contributed by atoms with Crippen molar-refractivity contribution in [1.29, 1.82) is 0 Å². The third-order valence-corrected chi connectivity index (χ3v) is 4.19. The van der Waals surface area contributed by atoms with Crippen LogP contribution in [-0.4, -0.2) is 67.0 Å². The Morgan fingerprint density at radius 2 is 2.17 bits per heavy atom. The zero-order valence-corrected chi connectivity index (χ0v) is 11.8. The lowest BCUT2D eigenvalue weighted by atomic mass is 10.3. The molecule has 5 nitrogen and oxygen atoms in total. The Kier molecular flexibility index (Phi) is 4.68. The molecule has 0 saturated carbocycles. The molecule has 1 amide bonds. The minimum absolute atomic E-state index is 0.00382. The smallest absolute Gasteiger partial charge is 0.263 e. The van der Waals surface area contributed by atoms with E-state index >= 15 is 0 Å². The Labute approximate surface area is 112 Å². The van der Waals surface area contributed by atoms with Gasteiger partial charge in [0, 0.05) is 39.3 Å². The third-order valence-electron chi connectivity index (χ3n) is 3.26. The average Bonchev–Trinajstić information content (AvgIpc) is 2.78. The van der Waals surface area contributed by atoms with E-state index in [1.165, 1.54) is 11.3 Å². The summed E-state index contributed by atoms with van der Waals surface area (Å²) in [7, 11) is 2.14. The molecule has 1 saturated heterocycles. The first-order valence-electron chi connectivity index (χ1n) is 6.26. The predicted molar refractivity (Wildman–Crippen MR) is 73.1 cm³/mol. The highest BCUT2D eigenvalue weighted by Crippen LogP contribution is 2.11. The van der Waals surface area contributed by atoms with Gasteiger partial charge in [0.15, 0.2) is 0 Å². The Balaban J connectivity index is 1.69. The molecular weight excluding hydrogens is 248 g/mol. The van der Waals surface area contributed by atoms with Gasteiger partial charge >= 0.3 is 0 Å². The molecule has 1 aliphatic heterocycles. The summed E-state index contributed by atoms with van der Waals surface area (Å²) in [6, 6.07) is 0. The van der Waals surface area contributed by atoms with Crippen molar-refractivity contribution in [2.24, 2.45) is 0 Å². The van der Waals surface area contributed by atoms with Crippen LogP contribution < -0.4 is 5.32 Å². The zero-order valence-electron chi connectivity index (χ0n) is 11.0. The normalized spacial score (nSPS) is 17.9. The second-order valence-corrected chi connectivity index (χ2v) is 5.52. The molecule has 0 bridgehead atoms. The number of aromatic nitrogens is 1. The van der Waals surface area contributed by atoms with Crippen LogP contribution in [0.2, 0.25) is 0 Å². The van der Waals surface area contributed by atoms with E-state index in [4.69, 9.17) is 0 Å². The van der Waals surface area contributed by atoms with Gasteiger partial charge in [-0.15, -0.1) is 11.3 Å². The number of nitrogens with zero attached hydrogens (tertiary/aromatic N) is 3. The van der Waals surface area contributed by atoms with Crippen LogP contribution in [0.1, 0.15) is 15.4 Å². The van der Waals surface area contributed by atoms with Gasteiger partial charge in [-0.2, -0.15) is 0 Å². The SMILES string of the molecule is Cc1ncsc1C(=O)NCCN1CCN(C)CC1. The maximum Gasteiger partial charge on any atom is 0.263 e. The van der Waals surface area contributed by atoms with E-state index in [0.717, 1.165) is 43.3 Å². The van der Waals surface area contributed by atoms with Crippen molar-refractivity contribution in [2.45, 2.75) is 6.92 Å². The number of rotatable bonds is 4. The molecule has 0 spiro atoms. The molecule has 1 aliphatic rings. The van der Waals surface area contributed by atoms with E-state index in [0.29, 0.717) is 6.54 Å². The van der Waals surface area contributed by atoms with Gasteiger partial charge in [0.1, 0.15) is 4.88 Å². The number of likely N-dealkylation sites (N-methyl/N-ethyl adjacent to an activating group) is 1. The summed E-state index contributed by atoms with van der Waals surface area (Å²) >= 11 is 1.40. The Morgan fingerprint density at radius 3 is 2.78 bits per heavy atom. The second kappa shape index (κ2) is 6.26. The van der Waals surface area contributed by atoms with Crippen LogP contribution in [0.4, 0.5) is 0 Å². The molecule has 0 aliphatic carbocycles. The number of hydrogen-bond acceptors (Lipinski definition) is 5. The molecule has 1 aromatic heterocycles. The Hall–Kier alpha value is -0.980. The van der Waals surface area contributed by atoms with Crippen molar-refractivity contribution in [1.82, 2.24) is 20.1 Å². The van der Waals surface area contributed by atoms with Gasteiger partial charge in [-0.05, 0) is 14.0 Å². The third kappa shape index (κ3) is 3.51. The van der Waals surface area contributed by atoms with E-state index < -0.39 is 0 Å². The Morgan fingerprint density at radius 1 is 1.44 bits per heavy atom. The lowest BCUT2D eigenvalue weighted by Crippen LogP contribution is -2.46. The van der Waals surface area contributed by atoms with E-state index in [-0.39, 0.29) is 5.91 Å². The van der Waals surface area contributed by atoms with Crippen LogP contribution in [-0.2, 0) is 0 Å². The van der Waals surface area contributed by atoms with Crippen LogP contribution in [0, 0.1) is 6.92 Å². The van der Waals surface area contributed by atoms with Crippen LogP contribution in [0.15, 0.2) is 5.51 Å². The summed E-state index contributed by atoms with van der Waals surface area (Å²) in [6.07, 6.45) is 0. The van der Waals surface area contributed by atoms with Gasteiger partial charge in [0.25, 0.3) is 5.91 Å². The number of amides is 1. The molecule has 0 aromatic carbocycles. The molecule has 0 radical (unpaired) electrons. The lowest BCUT2D eigenvalue weighted by molar-refractivity contribution is 0.0944. The molecule has 18 heavy (non-hydrogen) atoms. The van der Waals surface area contributed by atoms with Crippen molar-refractivity contribution in [3.8, 4) is 0 Å². The van der Waals surface area contributed by atoms with Crippen molar-refractivity contribution in [3.05, 3.63) is 16.1 Å². The Bertz CT molecular complexity index is 399. The molecular formula is C12H20N4OS. The maximum absolute atomic E-state index is 11.9. The first-order chi connectivity index (χ1) is 8.66. The van der Waals surface area contributed by atoms with Crippen molar-refractivity contribution >= 4 is 17.2 Å². The lowest BCUT2D eigenvalue weighted by Gasteiger charge is -2.32. The van der Waals surface area contributed by atoms with Crippen molar-refractivity contribution in [2.75, 3.05) is 46.3 Å². The highest BCUT2D eigenvalue weighted by Gasteiger charge is 2.14. The maximum atomic E-state index is 11.9.